The fourth-order valence-corrected chi connectivity index (χ4v) is 1.67. The third-order valence-corrected chi connectivity index (χ3v) is 2.53. The second-order valence-electron chi connectivity index (χ2n) is 3.45. The van der Waals surface area contributed by atoms with Crippen LogP contribution in [0.2, 0.25) is 0 Å². The second-order valence-corrected chi connectivity index (χ2v) is 4.23. The van der Waals surface area contributed by atoms with E-state index in [1.807, 2.05) is 0 Å². The van der Waals surface area contributed by atoms with E-state index in [1.165, 1.54) is 11.3 Å². The molecule has 2 amide bonds. The molecule has 5 nitrogen and oxygen atoms in total. The lowest BCUT2D eigenvalue weighted by molar-refractivity contribution is -0.191. The molecule has 1 rings (SSSR count). The number of carbonyl (C=O) groups excluding carboxylic acids is 2. The molecule has 0 aliphatic rings. The normalized spacial score (nSPS) is 11.1. The molecular weight excluding hydrogens is 285 g/mol. The Morgan fingerprint density at radius 1 is 1.37 bits per heavy atom. The van der Waals surface area contributed by atoms with Crippen LogP contribution in [0.25, 0.3) is 0 Å². The Balaban J connectivity index is 2.12. The van der Waals surface area contributed by atoms with Crippen molar-refractivity contribution in [3.63, 3.8) is 0 Å². The van der Waals surface area contributed by atoms with Gasteiger partial charge in [0.15, 0.2) is 6.61 Å². The molecule has 0 saturated carbocycles. The van der Waals surface area contributed by atoms with Crippen LogP contribution < -0.4 is 10.8 Å². The molecule has 0 atom stereocenters. The highest BCUT2D eigenvalue weighted by atomic mass is 32.1. The van der Waals surface area contributed by atoms with Gasteiger partial charge in [-0.25, -0.2) is 5.48 Å². The number of hydrogen-bond donors (Lipinski definition) is 2. The Morgan fingerprint density at radius 3 is 2.68 bits per heavy atom. The van der Waals surface area contributed by atoms with E-state index in [0.29, 0.717) is 5.56 Å². The third-order valence-electron chi connectivity index (χ3n) is 1.84. The van der Waals surface area contributed by atoms with Crippen LogP contribution in [0, 0.1) is 0 Å². The van der Waals surface area contributed by atoms with Crippen molar-refractivity contribution in [3.05, 3.63) is 22.4 Å². The zero-order chi connectivity index (χ0) is 14.3. The lowest BCUT2D eigenvalue weighted by Gasteiger charge is -2.08. The van der Waals surface area contributed by atoms with Gasteiger partial charge in [-0.1, -0.05) is 0 Å². The van der Waals surface area contributed by atoms with E-state index in [0.717, 1.165) is 0 Å². The molecule has 0 unspecified atom stereocenters. The van der Waals surface area contributed by atoms with Crippen molar-refractivity contribution in [2.75, 3.05) is 13.2 Å². The smallest absolute Gasteiger partial charge is 0.351 e. The molecule has 1 aromatic heterocycles. The Labute approximate surface area is 110 Å². The maximum Gasteiger partial charge on any atom is 0.414 e. The van der Waals surface area contributed by atoms with Gasteiger partial charge in [0.2, 0.25) is 5.91 Å². The van der Waals surface area contributed by atoms with Gasteiger partial charge in [-0.05, 0) is 11.4 Å². The summed E-state index contributed by atoms with van der Waals surface area (Å²) in [5, 5.41) is 5.82. The van der Waals surface area contributed by atoms with Crippen molar-refractivity contribution in [3.8, 4) is 0 Å². The molecule has 0 fully saturated rings. The SMILES string of the molecule is O=C(CCNC(=O)c1ccsc1)NOCC(F)(F)F. The van der Waals surface area contributed by atoms with E-state index in [9.17, 15) is 22.8 Å². The Morgan fingerprint density at radius 2 is 2.11 bits per heavy atom. The van der Waals surface area contributed by atoms with Gasteiger partial charge in [-0.15, -0.1) is 0 Å². The van der Waals surface area contributed by atoms with Crippen molar-refractivity contribution < 1.29 is 27.6 Å². The molecular formula is C10H11F3N2O3S. The first kappa shape index (κ1) is 15.4. The van der Waals surface area contributed by atoms with Gasteiger partial charge in [0.1, 0.15) is 0 Å². The highest BCUT2D eigenvalue weighted by Gasteiger charge is 2.28. The van der Waals surface area contributed by atoms with Crippen LogP contribution in [-0.2, 0) is 9.63 Å². The molecule has 0 aromatic carbocycles. The number of carbonyl (C=O) groups is 2. The number of halogens is 3. The lowest BCUT2D eigenvalue weighted by atomic mass is 10.3. The van der Waals surface area contributed by atoms with E-state index in [2.05, 4.69) is 10.2 Å². The number of hydrogen-bond acceptors (Lipinski definition) is 4. The standard InChI is InChI=1S/C10H11F3N2O3S/c11-10(12,13)6-18-15-8(16)1-3-14-9(17)7-2-4-19-5-7/h2,4-5H,1,3,6H2,(H,14,17)(H,15,16). The first-order valence-electron chi connectivity index (χ1n) is 5.16. The van der Waals surface area contributed by atoms with Crippen LogP contribution in [0.4, 0.5) is 13.2 Å². The molecule has 0 saturated heterocycles. The molecule has 1 heterocycles. The summed E-state index contributed by atoms with van der Waals surface area (Å²) in [6.45, 7) is -1.55. The highest BCUT2D eigenvalue weighted by Crippen LogP contribution is 2.13. The minimum atomic E-state index is -4.50. The van der Waals surface area contributed by atoms with Crippen LogP contribution in [0.15, 0.2) is 16.8 Å². The predicted molar refractivity (Wildman–Crippen MR) is 61.4 cm³/mol. The Bertz CT molecular complexity index is 420. The number of alkyl halides is 3. The molecule has 0 bridgehead atoms. The summed E-state index contributed by atoms with van der Waals surface area (Å²) in [6, 6.07) is 1.62. The summed E-state index contributed by atoms with van der Waals surface area (Å²) < 4.78 is 35.1. The van der Waals surface area contributed by atoms with E-state index < -0.39 is 18.7 Å². The summed E-state index contributed by atoms with van der Waals surface area (Å²) in [7, 11) is 0. The zero-order valence-corrected chi connectivity index (χ0v) is 10.4. The van der Waals surface area contributed by atoms with Gasteiger partial charge in [-0.2, -0.15) is 24.5 Å². The minimum Gasteiger partial charge on any atom is -0.351 e. The molecule has 9 heteroatoms. The fourth-order valence-electron chi connectivity index (χ4n) is 1.03. The minimum absolute atomic E-state index is 0.00981. The summed E-state index contributed by atoms with van der Waals surface area (Å²) in [6.07, 6.45) is -4.67. The summed E-state index contributed by atoms with van der Waals surface area (Å²) in [4.78, 5) is 26.4. The van der Waals surface area contributed by atoms with Gasteiger partial charge in [0.05, 0.1) is 0 Å². The fraction of sp³-hybridized carbons (Fsp3) is 0.400. The molecule has 106 valence electrons. The monoisotopic (exact) mass is 296 g/mol. The largest absolute Gasteiger partial charge is 0.414 e. The average molecular weight is 296 g/mol. The van der Waals surface area contributed by atoms with Gasteiger partial charge in [0, 0.05) is 23.9 Å². The zero-order valence-electron chi connectivity index (χ0n) is 9.62. The predicted octanol–water partition coefficient (Wildman–Crippen LogP) is 1.48. The molecule has 1 aromatic rings. The molecule has 2 N–H and O–H groups in total. The number of rotatable bonds is 6. The van der Waals surface area contributed by atoms with E-state index >= 15 is 0 Å². The maximum atomic E-state index is 11.7. The Kier molecular flexibility index (Phi) is 5.77. The van der Waals surface area contributed by atoms with Crippen molar-refractivity contribution in [1.82, 2.24) is 10.8 Å². The van der Waals surface area contributed by atoms with E-state index in [1.54, 1.807) is 22.3 Å². The molecule has 0 aliphatic carbocycles. The van der Waals surface area contributed by atoms with Crippen LogP contribution in [0.1, 0.15) is 16.8 Å². The second kappa shape index (κ2) is 7.10. The van der Waals surface area contributed by atoms with Crippen molar-refractivity contribution in [2.45, 2.75) is 12.6 Å². The summed E-state index contributed by atoms with van der Waals surface area (Å²) in [5.41, 5.74) is 2.11. The highest BCUT2D eigenvalue weighted by molar-refractivity contribution is 7.08. The molecule has 0 spiro atoms. The quantitative estimate of drug-likeness (QED) is 0.781. The summed E-state index contributed by atoms with van der Waals surface area (Å²) >= 11 is 1.35. The van der Waals surface area contributed by atoms with Gasteiger partial charge < -0.3 is 5.32 Å². The first-order valence-corrected chi connectivity index (χ1v) is 6.10. The van der Waals surface area contributed by atoms with Crippen LogP contribution in [0.3, 0.4) is 0 Å². The number of hydroxylamine groups is 1. The van der Waals surface area contributed by atoms with E-state index in [4.69, 9.17) is 0 Å². The van der Waals surface area contributed by atoms with Crippen molar-refractivity contribution in [2.24, 2.45) is 0 Å². The topological polar surface area (TPSA) is 67.4 Å². The number of thiophene rings is 1. The number of nitrogens with one attached hydrogen (secondary N) is 2. The first-order chi connectivity index (χ1) is 8.88. The van der Waals surface area contributed by atoms with Gasteiger partial charge in [0.25, 0.3) is 5.91 Å². The Hall–Kier alpha value is -1.61. The lowest BCUT2D eigenvalue weighted by Crippen LogP contribution is -2.33. The molecule has 0 aliphatic heterocycles. The van der Waals surface area contributed by atoms with Crippen molar-refractivity contribution in [1.29, 1.82) is 0 Å². The van der Waals surface area contributed by atoms with E-state index in [-0.39, 0.29) is 18.9 Å². The van der Waals surface area contributed by atoms with Crippen LogP contribution >= 0.6 is 11.3 Å². The average Bonchev–Trinajstić information content (AvgIpc) is 2.80. The maximum absolute atomic E-state index is 11.7. The van der Waals surface area contributed by atoms with Crippen molar-refractivity contribution >= 4 is 23.2 Å². The van der Waals surface area contributed by atoms with Crippen LogP contribution in [-0.4, -0.2) is 31.1 Å². The summed E-state index contributed by atoms with van der Waals surface area (Å²) in [5.74, 6) is -1.08. The van der Waals surface area contributed by atoms with Gasteiger partial charge >= 0.3 is 6.18 Å². The molecule has 19 heavy (non-hydrogen) atoms. The van der Waals surface area contributed by atoms with Crippen LogP contribution in [0.5, 0.6) is 0 Å². The third kappa shape index (κ3) is 6.77. The van der Waals surface area contributed by atoms with Gasteiger partial charge in [-0.3, -0.25) is 14.4 Å². The number of amides is 2. The molecule has 0 radical (unpaired) electrons.